The normalized spacial score (nSPS) is 12.8. The molecule has 0 radical (unpaired) electrons. The Morgan fingerprint density at radius 3 is 2.44 bits per heavy atom. The molecule has 84 valence electrons. The monoisotopic (exact) mass is 384 g/mol. The summed E-state index contributed by atoms with van der Waals surface area (Å²) in [4.78, 5) is 0. The van der Waals surface area contributed by atoms with E-state index >= 15 is 0 Å². The van der Waals surface area contributed by atoms with Gasteiger partial charge in [0.05, 0.1) is 4.34 Å². The zero-order valence-corrected chi connectivity index (χ0v) is 12.4. The fourth-order valence-electron chi connectivity index (χ4n) is 1.40. The van der Waals surface area contributed by atoms with Gasteiger partial charge in [-0.3, -0.25) is 0 Å². The van der Waals surface area contributed by atoms with E-state index < -0.39 is 6.10 Å². The van der Waals surface area contributed by atoms with E-state index in [1.807, 2.05) is 24.3 Å². The first-order valence-corrected chi connectivity index (χ1v) is 7.12. The van der Waals surface area contributed by atoms with Gasteiger partial charge in [0.1, 0.15) is 10.4 Å². The molecular formula is C11H7Cl2IOS. The van der Waals surface area contributed by atoms with Gasteiger partial charge in [0.2, 0.25) is 0 Å². The van der Waals surface area contributed by atoms with E-state index in [0.29, 0.717) is 14.2 Å². The average Bonchev–Trinajstić information content (AvgIpc) is 2.58. The molecule has 16 heavy (non-hydrogen) atoms. The fourth-order valence-corrected chi connectivity index (χ4v) is 3.61. The molecule has 0 amide bonds. The van der Waals surface area contributed by atoms with Crippen molar-refractivity contribution in [2.45, 2.75) is 6.10 Å². The minimum atomic E-state index is -0.718. The van der Waals surface area contributed by atoms with Gasteiger partial charge in [-0.25, -0.2) is 0 Å². The maximum absolute atomic E-state index is 10.2. The van der Waals surface area contributed by atoms with Gasteiger partial charge in [0.25, 0.3) is 0 Å². The number of aliphatic hydroxyl groups is 1. The maximum Gasteiger partial charge on any atom is 0.107 e. The summed E-state index contributed by atoms with van der Waals surface area (Å²) < 4.78 is 2.13. The van der Waals surface area contributed by atoms with Crippen LogP contribution in [0.15, 0.2) is 30.3 Å². The number of hydrogen-bond acceptors (Lipinski definition) is 2. The molecule has 0 saturated heterocycles. The summed E-state index contributed by atoms with van der Waals surface area (Å²) in [5.41, 5.74) is 1.51. The molecule has 2 aromatic rings. The van der Waals surface area contributed by atoms with Gasteiger partial charge in [-0.05, 0) is 40.3 Å². The lowest BCUT2D eigenvalue weighted by molar-refractivity contribution is 0.220. The summed E-state index contributed by atoms with van der Waals surface area (Å²) in [5.74, 6) is 0. The molecule has 0 aliphatic heterocycles. The molecule has 1 atom stereocenters. The molecule has 1 aromatic heterocycles. The smallest absolute Gasteiger partial charge is 0.107 e. The lowest BCUT2D eigenvalue weighted by Gasteiger charge is -2.11. The largest absolute Gasteiger partial charge is 0.384 e. The van der Waals surface area contributed by atoms with Crippen molar-refractivity contribution in [1.29, 1.82) is 0 Å². The van der Waals surface area contributed by atoms with E-state index in [9.17, 15) is 5.11 Å². The van der Waals surface area contributed by atoms with Crippen LogP contribution in [-0.4, -0.2) is 5.11 Å². The third-order valence-electron chi connectivity index (χ3n) is 2.18. The molecule has 2 rings (SSSR count). The molecule has 0 bridgehead atoms. The van der Waals surface area contributed by atoms with Crippen LogP contribution in [0.3, 0.4) is 0 Å². The Balaban J connectivity index is 2.43. The predicted octanol–water partition coefficient (Wildman–Crippen LogP) is 4.74. The molecule has 0 aliphatic carbocycles. The van der Waals surface area contributed by atoms with Crippen molar-refractivity contribution in [2.24, 2.45) is 0 Å². The number of aliphatic hydroxyl groups excluding tert-OH is 1. The molecule has 1 aromatic carbocycles. The van der Waals surface area contributed by atoms with Crippen molar-refractivity contribution in [3.8, 4) is 0 Å². The zero-order chi connectivity index (χ0) is 11.7. The first-order valence-electron chi connectivity index (χ1n) is 4.47. The van der Waals surface area contributed by atoms with Gasteiger partial charge in [-0.1, -0.05) is 41.4 Å². The molecule has 1 nitrogen and oxygen atoms in total. The molecule has 1 N–H and O–H groups in total. The second kappa shape index (κ2) is 5.23. The summed E-state index contributed by atoms with van der Waals surface area (Å²) in [6.07, 6.45) is -0.718. The van der Waals surface area contributed by atoms with Gasteiger partial charge < -0.3 is 5.11 Å². The van der Waals surface area contributed by atoms with Crippen LogP contribution in [0.25, 0.3) is 0 Å². The van der Waals surface area contributed by atoms with Crippen LogP contribution in [0, 0.1) is 3.57 Å². The van der Waals surface area contributed by atoms with E-state index in [2.05, 4.69) is 22.6 Å². The van der Waals surface area contributed by atoms with E-state index in [1.54, 1.807) is 6.07 Å². The van der Waals surface area contributed by atoms with Gasteiger partial charge >= 0.3 is 0 Å². The number of rotatable bonds is 2. The molecule has 0 aliphatic rings. The van der Waals surface area contributed by atoms with Gasteiger partial charge in [0.15, 0.2) is 0 Å². The summed E-state index contributed by atoms with van der Waals surface area (Å²) in [6.45, 7) is 0. The minimum Gasteiger partial charge on any atom is -0.384 e. The van der Waals surface area contributed by atoms with Crippen molar-refractivity contribution >= 4 is 57.1 Å². The topological polar surface area (TPSA) is 20.2 Å². The fraction of sp³-hybridized carbons (Fsp3) is 0.0909. The third kappa shape index (κ3) is 2.54. The Bertz CT molecular complexity index is 512. The number of hydrogen-bond donors (Lipinski definition) is 1. The third-order valence-corrected chi connectivity index (χ3v) is 4.68. The van der Waals surface area contributed by atoms with Crippen LogP contribution >= 0.6 is 57.1 Å². The zero-order valence-electron chi connectivity index (χ0n) is 7.95. The lowest BCUT2D eigenvalue weighted by Crippen LogP contribution is -2.00. The highest BCUT2D eigenvalue weighted by Gasteiger charge is 2.18. The van der Waals surface area contributed by atoms with E-state index in [-0.39, 0.29) is 0 Å². The molecule has 5 heteroatoms. The highest BCUT2D eigenvalue weighted by Crippen LogP contribution is 2.38. The van der Waals surface area contributed by atoms with Gasteiger partial charge in [-0.2, -0.15) is 0 Å². The minimum absolute atomic E-state index is 0.539. The number of benzene rings is 1. The Hall–Kier alpha value is 0.190. The quantitative estimate of drug-likeness (QED) is 0.741. The van der Waals surface area contributed by atoms with Crippen LogP contribution in [0.4, 0.5) is 0 Å². The maximum atomic E-state index is 10.2. The number of halogens is 3. The molecule has 0 spiro atoms. The van der Waals surface area contributed by atoms with Gasteiger partial charge in [-0.15, -0.1) is 11.3 Å². The molecule has 1 heterocycles. The SMILES string of the molecule is OC(c1ccccc1I)c1cc(Cl)sc1Cl. The van der Waals surface area contributed by atoms with Crippen molar-refractivity contribution < 1.29 is 5.11 Å². The van der Waals surface area contributed by atoms with Crippen LogP contribution in [0.2, 0.25) is 8.67 Å². The van der Waals surface area contributed by atoms with Crippen molar-refractivity contribution in [2.75, 3.05) is 0 Å². The second-order valence-electron chi connectivity index (χ2n) is 3.20. The summed E-state index contributed by atoms with van der Waals surface area (Å²) in [7, 11) is 0. The Labute approximate surface area is 121 Å². The van der Waals surface area contributed by atoms with E-state index in [1.165, 1.54) is 11.3 Å². The number of thiophene rings is 1. The van der Waals surface area contributed by atoms with E-state index in [4.69, 9.17) is 23.2 Å². The standard InChI is InChI=1S/C11H7Cl2IOS/c12-9-5-7(11(13)16-9)10(15)6-3-1-2-4-8(6)14/h1-5,10,15H. The lowest BCUT2D eigenvalue weighted by atomic mass is 10.0. The molecule has 0 fully saturated rings. The Kier molecular flexibility index (Phi) is 4.13. The van der Waals surface area contributed by atoms with E-state index in [0.717, 1.165) is 9.13 Å². The first-order chi connectivity index (χ1) is 7.59. The molecule has 0 saturated carbocycles. The van der Waals surface area contributed by atoms with Crippen molar-refractivity contribution in [3.63, 3.8) is 0 Å². The summed E-state index contributed by atoms with van der Waals surface area (Å²) in [6, 6.07) is 9.36. The van der Waals surface area contributed by atoms with Crippen LogP contribution in [0.5, 0.6) is 0 Å². The van der Waals surface area contributed by atoms with Crippen LogP contribution in [0.1, 0.15) is 17.2 Å². The van der Waals surface area contributed by atoms with Crippen LogP contribution < -0.4 is 0 Å². The Morgan fingerprint density at radius 2 is 1.88 bits per heavy atom. The van der Waals surface area contributed by atoms with Crippen LogP contribution in [-0.2, 0) is 0 Å². The average molecular weight is 385 g/mol. The highest BCUT2D eigenvalue weighted by atomic mass is 127. The first kappa shape index (κ1) is 12.6. The van der Waals surface area contributed by atoms with Crippen molar-refractivity contribution in [1.82, 2.24) is 0 Å². The molecular weight excluding hydrogens is 378 g/mol. The van der Waals surface area contributed by atoms with Crippen molar-refractivity contribution in [3.05, 3.63) is 53.7 Å². The predicted molar refractivity (Wildman–Crippen MR) is 77.6 cm³/mol. The highest BCUT2D eigenvalue weighted by molar-refractivity contribution is 14.1. The second-order valence-corrected chi connectivity index (χ2v) is 6.65. The Morgan fingerprint density at radius 1 is 1.19 bits per heavy atom. The summed E-state index contributed by atoms with van der Waals surface area (Å²) >= 11 is 15.3. The summed E-state index contributed by atoms with van der Waals surface area (Å²) in [5, 5.41) is 10.2. The molecule has 1 unspecified atom stereocenters. The van der Waals surface area contributed by atoms with Gasteiger partial charge in [0, 0.05) is 9.13 Å².